The van der Waals surface area contributed by atoms with Crippen molar-refractivity contribution in [3.05, 3.63) is 11.8 Å². The van der Waals surface area contributed by atoms with E-state index in [-0.39, 0.29) is 5.91 Å². The molecule has 0 radical (unpaired) electrons. The topological polar surface area (TPSA) is 58.4 Å². The lowest BCUT2D eigenvalue weighted by atomic mass is 9.78. The Bertz CT molecular complexity index is 469. The van der Waals surface area contributed by atoms with Gasteiger partial charge in [0.2, 0.25) is 5.91 Å². The molecule has 2 heterocycles. The van der Waals surface area contributed by atoms with Crippen LogP contribution in [0.25, 0.3) is 0 Å². The molecule has 3 rings (SSSR count). The standard InChI is InChI=1S/C15H23N3O2/c1-11-9-14(17-20-11)16-15(19)10-18-8-4-6-12-5-2-3-7-13(12)18/h9,12-13H,2-8,10H2,1H3,(H,16,17,19)/t12-,13+/m1/s1. The van der Waals surface area contributed by atoms with Gasteiger partial charge in [-0.05, 0) is 45.1 Å². The van der Waals surface area contributed by atoms with E-state index >= 15 is 0 Å². The van der Waals surface area contributed by atoms with Crippen LogP contribution in [0.15, 0.2) is 10.6 Å². The zero-order valence-electron chi connectivity index (χ0n) is 12.1. The largest absolute Gasteiger partial charge is 0.360 e. The van der Waals surface area contributed by atoms with Gasteiger partial charge >= 0.3 is 0 Å². The number of hydrogen-bond donors (Lipinski definition) is 1. The predicted octanol–water partition coefficient (Wildman–Crippen LogP) is 2.58. The molecule has 1 saturated carbocycles. The van der Waals surface area contributed by atoms with Gasteiger partial charge in [-0.25, -0.2) is 0 Å². The number of fused-ring (bicyclic) bond motifs is 1. The summed E-state index contributed by atoms with van der Waals surface area (Å²) >= 11 is 0. The molecule has 0 unspecified atom stereocenters. The number of carbonyl (C=O) groups is 1. The Kier molecular flexibility index (Phi) is 4.05. The van der Waals surface area contributed by atoms with Crippen LogP contribution in [0, 0.1) is 12.8 Å². The highest BCUT2D eigenvalue weighted by molar-refractivity contribution is 5.91. The smallest absolute Gasteiger partial charge is 0.239 e. The average Bonchev–Trinajstić information content (AvgIpc) is 2.84. The van der Waals surface area contributed by atoms with Crippen LogP contribution in [-0.4, -0.2) is 35.1 Å². The van der Waals surface area contributed by atoms with Gasteiger partial charge < -0.3 is 9.84 Å². The minimum Gasteiger partial charge on any atom is -0.360 e. The molecule has 0 bridgehead atoms. The van der Waals surface area contributed by atoms with Gasteiger partial charge in [0.15, 0.2) is 5.82 Å². The molecule has 0 aromatic carbocycles. The number of hydrogen-bond acceptors (Lipinski definition) is 4. The van der Waals surface area contributed by atoms with Gasteiger partial charge in [0.1, 0.15) is 5.76 Å². The highest BCUT2D eigenvalue weighted by atomic mass is 16.5. The summed E-state index contributed by atoms with van der Waals surface area (Å²) in [6.45, 7) is 3.35. The fraction of sp³-hybridized carbons (Fsp3) is 0.733. The van der Waals surface area contributed by atoms with Gasteiger partial charge in [0, 0.05) is 12.1 Å². The van der Waals surface area contributed by atoms with E-state index in [2.05, 4.69) is 15.4 Å². The summed E-state index contributed by atoms with van der Waals surface area (Å²) in [5.74, 6) is 2.06. The van der Waals surface area contributed by atoms with Gasteiger partial charge in [-0.2, -0.15) is 0 Å². The Balaban J connectivity index is 1.57. The normalized spacial score (nSPS) is 27.1. The molecular formula is C15H23N3O2. The monoisotopic (exact) mass is 277 g/mol. The molecule has 5 nitrogen and oxygen atoms in total. The summed E-state index contributed by atoms with van der Waals surface area (Å²) in [5.41, 5.74) is 0. The number of rotatable bonds is 3. The molecule has 5 heteroatoms. The SMILES string of the molecule is Cc1cc(NC(=O)CN2CCC[C@H]3CCCC[C@@H]32)no1. The van der Waals surface area contributed by atoms with E-state index in [0.29, 0.717) is 24.2 Å². The number of piperidine rings is 1. The van der Waals surface area contributed by atoms with Crippen molar-refractivity contribution in [1.29, 1.82) is 0 Å². The van der Waals surface area contributed by atoms with E-state index in [1.54, 1.807) is 6.07 Å². The van der Waals surface area contributed by atoms with E-state index in [0.717, 1.165) is 12.5 Å². The first kappa shape index (κ1) is 13.6. The molecule has 20 heavy (non-hydrogen) atoms. The van der Waals surface area contributed by atoms with E-state index < -0.39 is 0 Å². The molecule has 110 valence electrons. The van der Waals surface area contributed by atoms with Gasteiger partial charge in [-0.1, -0.05) is 18.0 Å². The van der Waals surface area contributed by atoms with Crippen molar-refractivity contribution >= 4 is 11.7 Å². The number of aromatic nitrogens is 1. The molecule has 1 N–H and O–H groups in total. The summed E-state index contributed by atoms with van der Waals surface area (Å²) in [5, 5.41) is 6.62. The Morgan fingerprint density at radius 3 is 3.00 bits per heavy atom. The Hall–Kier alpha value is -1.36. The van der Waals surface area contributed by atoms with E-state index in [1.807, 2.05) is 6.92 Å². The Labute approximate surface area is 119 Å². The minimum absolute atomic E-state index is 0.0181. The Morgan fingerprint density at radius 2 is 2.20 bits per heavy atom. The number of likely N-dealkylation sites (tertiary alicyclic amines) is 1. The second-order valence-electron chi connectivity index (χ2n) is 6.10. The summed E-state index contributed by atoms with van der Waals surface area (Å²) < 4.78 is 4.96. The third kappa shape index (κ3) is 3.03. The van der Waals surface area contributed by atoms with Crippen molar-refractivity contribution in [2.45, 2.75) is 51.5 Å². The van der Waals surface area contributed by atoms with E-state index in [9.17, 15) is 4.79 Å². The first-order valence-corrected chi connectivity index (χ1v) is 7.69. The van der Waals surface area contributed by atoms with Crippen LogP contribution in [0.5, 0.6) is 0 Å². The van der Waals surface area contributed by atoms with Crippen molar-refractivity contribution in [1.82, 2.24) is 10.1 Å². The number of aryl methyl sites for hydroxylation is 1. The molecule has 1 aliphatic carbocycles. The highest BCUT2D eigenvalue weighted by Gasteiger charge is 2.33. The van der Waals surface area contributed by atoms with Crippen LogP contribution in [0.2, 0.25) is 0 Å². The van der Waals surface area contributed by atoms with Crippen LogP contribution < -0.4 is 5.32 Å². The maximum atomic E-state index is 12.1. The molecule has 1 saturated heterocycles. The fourth-order valence-electron chi connectivity index (χ4n) is 3.72. The molecule has 1 amide bonds. The third-order valence-electron chi connectivity index (χ3n) is 4.60. The van der Waals surface area contributed by atoms with Crippen molar-refractivity contribution in [2.75, 3.05) is 18.4 Å². The highest BCUT2D eigenvalue weighted by Crippen LogP contribution is 2.34. The molecule has 1 aromatic rings. The Morgan fingerprint density at radius 1 is 1.40 bits per heavy atom. The summed E-state index contributed by atoms with van der Waals surface area (Å²) in [6, 6.07) is 2.36. The van der Waals surface area contributed by atoms with Crippen molar-refractivity contribution in [3.8, 4) is 0 Å². The quantitative estimate of drug-likeness (QED) is 0.922. The van der Waals surface area contributed by atoms with Crippen LogP contribution in [-0.2, 0) is 4.79 Å². The lowest BCUT2D eigenvalue weighted by Crippen LogP contribution is -2.49. The molecule has 0 spiro atoms. The summed E-state index contributed by atoms with van der Waals surface area (Å²) in [6.07, 6.45) is 7.82. The first-order chi connectivity index (χ1) is 9.72. The lowest BCUT2D eigenvalue weighted by Gasteiger charge is -2.43. The predicted molar refractivity (Wildman–Crippen MR) is 76.4 cm³/mol. The number of anilines is 1. The lowest BCUT2D eigenvalue weighted by molar-refractivity contribution is -0.119. The molecule has 2 atom stereocenters. The molecule has 2 fully saturated rings. The van der Waals surface area contributed by atoms with Crippen molar-refractivity contribution < 1.29 is 9.32 Å². The van der Waals surface area contributed by atoms with Crippen LogP contribution in [0.1, 0.15) is 44.3 Å². The zero-order chi connectivity index (χ0) is 13.9. The van der Waals surface area contributed by atoms with Gasteiger partial charge in [0.25, 0.3) is 0 Å². The van der Waals surface area contributed by atoms with Crippen LogP contribution >= 0.6 is 0 Å². The molecular weight excluding hydrogens is 254 g/mol. The van der Waals surface area contributed by atoms with E-state index in [4.69, 9.17) is 4.52 Å². The van der Waals surface area contributed by atoms with Crippen LogP contribution in [0.3, 0.4) is 0 Å². The average molecular weight is 277 g/mol. The number of nitrogens with zero attached hydrogens (tertiary/aromatic N) is 2. The van der Waals surface area contributed by atoms with Crippen molar-refractivity contribution in [2.24, 2.45) is 5.92 Å². The molecule has 2 aliphatic rings. The van der Waals surface area contributed by atoms with E-state index in [1.165, 1.54) is 38.5 Å². The number of amides is 1. The van der Waals surface area contributed by atoms with Gasteiger partial charge in [-0.15, -0.1) is 0 Å². The first-order valence-electron chi connectivity index (χ1n) is 7.69. The van der Waals surface area contributed by atoms with Gasteiger partial charge in [-0.3, -0.25) is 9.69 Å². The second-order valence-corrected chi connectivity index (χ2v) is 6.10. The molecule has 1 aromatic heterocycles. The molecule has 1 aliphatic heterocycles. The maximum Gasteiger partial charge on any atom is 0.239 e. The van der Waals surface area contributed by atoms with Crippen molar-refractivity contribution in [3.63, 3.8) is 0 Å². The number of carbonyl (C=O) groups excluding carboxylic acids is 1. The number of nitrogens with one attached hydrogen (secondary N) is 1. The second kappa shape index (κ2) is 5.95. The van der Waals surface area contributed by atoms with Gasteiger partial charge in [0.05, 0.1) is 6.54 Å². The minimum atomic E-state index is 0.0181. The fourth-order valence-corrected chi connectivity index (χ4v) is 3.72. The summed E-state index contributed by atoms with van der Waals surface area (Å²) in [7, 11) is 0. The van der Waals surface area contributed by atoms with Crippen LogP contribution in [0.4, 0.5) is 5.82 Å². The third-order valence-corrected chi connectivity index (χ3v) is 4.60. The summed E-state index contributed by atoms with van der Waals surface area (Å²) in [4.78, 5) is 14.5. The maximum absolute atomic E-state index is 12.1. The zero-order valence-corrected chi connectivity index (χ0v) is 12.1.